The molecular weight excluding hydrogens is 346 g/mol. The van der Waals surface area contributed by atoms with E-state index < -0.39 is 0 Å². The number of hydrogen-bond acceptors (Lipinski definition) is 3. The third-order valence-corrected chi connectivity index (χ3v) is 4.88. The van der Waals surface area contributed by atoms with Gasteiger partial charge in [0.15, 0.2) is 0 Å². The monoisotopic (exact) mass is 375 g/mol. The van der Waals surface area contributed by atoms with Gasteiger partial charge >= 0.3 is 0 Å². The Morgan fingerprint density at radius 3 is 2.23 bits per heavy atom. The number of hydrogen-bond donors (Lipinski definition) is 0. The molecule has 0 fully saturated rings. The fourth-order valence-corrected chi connectivity index (χ4v) is 3.29. The lowest BCUT2D eigenvalue weighted by molar-refractivity contribution is 0.274. The van der Waals surface area contributed by atoms with Crippen LogP contribution in [0.15, 0.2) is 42.5 Å². The van der Waals surface area contributed by atoms with Crippen LogP contribution in [0.5, 0.6) is 11.5 Å². The van der Waals surface area contributed by atoms with E-state index in [1.807, 2.05) is 24.3 Å². The minimum absolute atomic E-state index is 0.668. The Kier molecular flexibility index (Phi) is 8.79. The summed E-state index contributed by atoms with van der Waals surface area (Å²) >= 11 is 6.11. The molecule has 3 nitrogen and oxygen atoms in total. The van der Waals surface area contributed by atoms with Crippen LogP contribution in [-0.2, 0) is 12.8 Å². The molecular formula is C22H30ClNO2. The first-order valence-electron chi connectivity index (χ1n) is 9.34. The van der Waals surface area contributed by atoms with Gasteiger partial charge in [0.05, 0.1) is 19.2 Å². The summed E-state index contributed by atoms with van der Waals surface area (Å²) in [6.45, 7) is 5.54. The molecule has 0 aromatic heterocycles. The summed E-state index contributed by atoms with van der Waals surface area (Å²) in [4.78, 5) is 2.55. The van der Waals surface area contributed by atoms with Crippen molar-refractivity contribution < 1.29 is 9.47 Å². The fraction of sp³-hybridized carbons (Fsp3) is 0.455. The number of methoxy groups -OCH3 is 2. The predicted octanol–water partition coefficient (Wildman–Crippen LogP) is 5.24. The van der Waals surface area contributed by atoms with Crippen molar-refractivity contribution in [3.8, 4) is 11.5 Å². The molecule has 2 aromatic carbocycles. The summed E-state index contributed by atoms with van der Waals surface area (Å²) in [6.07, 6.45) is 4.44. The molecule has 0 N–H and O–H groups in total. The Hall–Kier alpha value is -1.71. The van der Waals surface area contributed by atoms with E-state index in [0.29, 0.717) is 5.02 Å². The van der Waals surface area contributed by atoms with Crippen LogP contribution in [0.1, 0.15) is 30.9 Å². The summed E-state index contributed by atoms with van der Waals surface area (Å²) in [7, 11) is 3.36. The molecule has 0 saturated carbocycles. The summed E-state index contributed by atoms with van der Waals surface area (Å²) in [6, 6.07) is 14.4. The van der Waals surface area contributed by atoms with Crippen LogP contribution < -0.4 is 9.47 Å². The Morgan fingerprint density at radius 1 is 0.846 bits per heavy atom. The molecule has 4 heteroatoms. The normalized spacial score (nSPS) is 11.0. The summed E-state index contributed by atoms with van der Waals surface area (Å²) < 4.78 is 10.5. The molecule has 0 spiro atoms. The first-order chi connectivity index (χ1) is 12.7. The number of aryl methyl sites for hydroxylation is 1. The number of ether oxygens (including phenoxy) is 2. The van der Waals surface area contributed by atoms with Gasteiger partial charge in [0.2, 0.25) is 0 Å². The minimum atomic E-state index is 0.668. The third kappa shape index (κ3) is 6.54. The van der Waals surface area contributed by atoms with E-state index in [-0.39, 0.29) is 0 Å². The van der Waals surface area contributed by atoms with Crippen molar-refractivity contribution in [3.63, 3.8) is 0 Å². The Labute approximate surface area is 162 Å². The molecule has 0 aliphatic rings. The second kappa shape index (κ2) is 11.1. The van der Waals surface area contributed by atoms with Crippen molar-refractivity contribution in [1.29, 1.82) is 0 Å². The molecule has 26 heavy (non-hydrogen) atoms. The second-order valence-electron chi connectivity index (χ2n) is 6.51. The van der Waals surface area contributed by atoms with Crippen LogP contribution in [0, 0.1) is 0 Å². The highest BCUT2D eigenvalue weighted by Crippen LogP contribution is 2.25. The zero-order valence-corrected chi connectivity index (χ0v) is 16.9. The molecule has 0 aliphatic heterocycles. The van der Waals surface area contributed by atoms with Gasteiger partial charge in [-0.15, -0.1) is 0 Å². The highest BCUT2D eigenvalue weighted by molar-refractivity contribution is 6.32. The third-order valence-electron chi connectivity index (χ3n) is 4.57. The van der Waals surface area contributed by atoms with Gasteiger partial charge in [-0.05, 0) is 74.2 Å². The number of rotatable bonds is 11. The summed E-state index contributed by atoms with van der Waals surface area (Å²) in [5.41, 5.74) is 2.63. The summed E-state index contributed by atoms with van der Waals surface area (Å²) in [5.74, 6) is 1.67. The van der Waals surface area contributed by atoms with Gasteiger partial charge in [0.1, 0.15) is 11.5 Å². The van der Waals surface area contributed by atoms with Crippen molar-refractivity contribution in [1.82, 2.24) is 4.90 Å². The first-order valence-corrected chi connectivity index (χ1v) is 9.71. The molecule has 0 heterocycles. The molecule has 0 atom stereocenters. The number of benzene rings is 2. The SMILES string of the molecule is CCCN(CCCc1ccc(OC)cc1)CCc1ccc(Cl)c(OC)c1. The van der Waals surface area contributed by atoms with E-state index in [9.17, 15) is 0 Å². The second-order valence-corrected chi connectivity index (χ2v) is 6.92. The van der Waals surface area contributed by atoms with E-state index in [0.717, 1.165) is 50.4 Å². The molecule has 2 aromatic rings. The highest BCUT2D eigenvalue weighted by atomic mass is 35.5. The lowest BCUT2D eigenvalue weighted by Crippen LogP contribution is -2.28. The average Bonchev–Trinajstić information content (AvgIpc) is 2.67. The van der Waals surface area contributed by atoms with Gasteiger partial charge in [-0.25, -0.2) is 0 Å². The lowest BCUT2D eigenvalue weighted by Gasteiger charge is -2.22. The molecule has 0 bridgehead atoms. The van der Waals surface area contributed by atoms with Gasteiger partial charge in [-0.3, -0.25) is 0 Å². The van der Waals surface area contributed by atoms with Crippen LogP contribution in [0.2, 0.25) is 5.02 Å². The highest BCUT2D eigenvalue weighted by Gasteiger charge is 2.07. The van der Waals surface area contributed by atoms with Crippen molar-refractivity contribution >= 4 is 11.6 Å². The largest absolute Gasteiger partial charge is 0.497 e. The lowest BCUT2D eigenvalue weighted by atomic mass is 10.1. The van der Waals surface area contributed by atoms with Gasteiger partial charge in [-0.2, -0.15) is 0 Å². The van der Waals surface area contributed by atoms with Gasteiger partial charge in [0, 0.05) is 6.54 Å². The van der Waals surface area contributed by atoms with Crippen LogP contribution in [0.25, 0.3) is 0 Å². The van der Waals surface area contributed by atoms with Crippen LogP contribution >= 0.6 is 11.6 Å². The number of nitrogens with zero attached hydrogens (tertiary/aromatic N) is 1. The first kappa shape index (κ1) is 20.6. The molecule has 142 valence electrons. The fourth-order valence-electron chi connectivity index (χ4n) is 3.10. The summed E-state index contributed by atoms with van der Waals surface area (Å²) in [5, 5.41) is 0.668. The van der Waals surface area contributed by atoms with Crippen molar-refractivity contribution in [2.75, 3.05) is 33.9 Å². The van der Waals surface area contributed by atoms with Crippen molar-refractivity contribution in [2.24, 2.45) is 0 Å². The predicted molar refractivity (Wildman–Crippen MR) is 110 cm³/mol. The topological polar surface area (TPSA) is 21.7 Å². The van der Waals surface area contributed by atoms with E-state index in [2.05, 4.69) is 30.0 Å². The quantitative estimate of drug-likeness (QED) is 0.535. The molecule has 0 aliphatic carbocycles. The molecule has 0 amide bonds. The van der Waals surface area contributed by atoms with Crippen LogP contribution in [-0.4, -0.2) is 38.8 Å². The Bertz CT molecular complexity index is 658. The average molecular weight is 376 g/mol. The van der Waals surface area contributed by atoms with Crippen molar-refractivity contribution in [2.45, 2.75) is 32.6 Å². The smallest absolute Gasteiger partial charge is 0.137 e. The Morgan fingerprint density at radius 2 is 1.58 bits per heavy atom. The van der Waals surface area contributed by atoms with E-state index >= 15 is 0 Å². The molecule has 2 rings (SSSR count). The van der Waals surface area contributed by atoms with E-state index in [1.165, 1.54) is 17.5 Å². The molecule has 0 unspecified atom stereocenters. The minimum Gasteiger partial charge on any atom is -0.497 e. The maximum atomic E-state index is 6.11. The zero-order chi connectivity index (χ0) is 18.8. The van der Waals surface area contributed by atoms with Crippen LogP contribution in [0.3, 0.4) is 0 Å². The van der Waals surface area contributed by atoms with Crippen LogP contribution in [0.4, 0.5) is 0 Å². The molecule has 0 saturated heterocycles. The van der Waals surface area contributed by atoms with Crippen molar-refractivity contribution in [3.05, 3.63) is 58.6 Å². The zero-order valence-electron chi connectivity index (χ0n) is 16.1. The van der Waals surface area contributed by atoms with Gasteiger partial charge in [-0.1, -0.05) is 36.7 Å². The number of halogens is 1. The van der Waals surface area contributed by atoms with E-state index in [1.54, 1.807) is 14.2 Å². The maximum absolute atomic E-state index is 6.11. The molecule has 0 radical (unpaired) electrons. The van der Waals surface area contributed by atoms with E-state index in [4.69, 9.17) is 21.1 Å². The standard InChI is InChI=1S/C22H30ClNO2/c1-4-14-24(15-5-6-18-7-10-20(25-2)11-8-18)16-13-19-9-12-21(23)22(17-19)26-3/h7-12,17H,4-6,13-16H2,1-3H3. The maximum Gasteiger partial charge on any atom is 0.137 e. The Balaban J connectivity index is 1.82. The van der Waals surface area contributed by atoms with Gasteiger partial charge < -0.3 is 14.4 Å². The van der Waals surface area contributed by atoms with Gasteiger partial charge in [0.25, 0.3) is 0 Å².